The lowest BCUT2D eigenvalue weighted by molar-refractivity contribution is -0.385. The zero-order valence-electron chi connectivity index (χ0n) is 11.6. The van der Waals surface area contributed by atoms with Crippen molar-refractivity contribution in [2.24, 2.45) is 0 Å². The summed E-state index contributed by atoms with van der Waals surface area (Å²) < 4.78 is 13.8. The van der Waals surface area contributed by atoms with Gasteiger partial charge in [-0.1, -0.05) is 29.8 Å². The van der Waals surface area contributed by atoms with Crippen LogP contribution in [0.25, 0.3) is 0 Å². The highest BCUT2D eigenvalue weighted by Gasteiger charge is 2.20. The van der Waals surface area contributed by atoms with E-state index in [1.54, 1.807) is 18.2 Å². The summed E-state index contributed by atoms with van der Waals surface area (Å²) in [6.45, 7) is -0.00193. The first-order chi connectivity index (χ1) is 10.4. The van der Waals surface area contributed by atoms with E-state index in [9.17, 15) is 19.3 Å². The third-order valence-electron chi connectivity index (χ3n) is 3.10. The third-order valence-corrected chi connectivity index (χ3v) is 3.34. The maximum Gasteiger partial charge on any atom is 0.274 e. The monoisotopic (exact) mass is 322 g/mol. The van der Waals surface area contributed by atoms with E-state index in [1.165, 1.54) is 30.1 Å². The quantitative estimate of drug-likeness (QED) is 0.637. The molecule has 2 aromatic carbocycles. The van der Waals surface area contributed by atoms with E-state index in [0.717, 1.165) is 6.07 Å². The lowest BCUT2D eigenvalue weighted by atomic mass is 10.1. The molecule has 0 aliphatic heterocycles. The Labute approximate surface area is 131 Å². The van der Waals surface area contributed by atoms with E-state index in [2.05, 4.69) is 0 Å². The number of carbonyl (C=O) groups is 1. The summed E-state index contributed by atoms with van der Waals surface area (Å²) in [5.74, 6) is -1.31. The average Bonchev–Trinajstić information content (AvgIpc) is 2.47. The van der Waals surface area contributed by atoms with E-state index in [1.807, 2.05) is 0 Å². The van der Waals surface area contributed by atoms with Crippen molar-refractivity contribution >= 4 is 23.2 Å². The molecule has 0 aliphatic carbocycles. The molecule has 0 radical (unpaired) electrons. The smallest absolute Gasteiger partial charge is 0.274 e. The van der Waals surface area contributed by atoms with Crippen molar-refractivity contribution in [2.45, 2.75) is 6.54 Å². The first kappa shape index (κ1) is 15.9. The van der Waals surface area contributed by atoms with Crippen LogP contribution in [0.1, 0.15) is 15.9 Å². The molecule has 7 heteroatoms. The van der Waals surface area contributed by atoms with Crippen LogP contribution < -0.4 is 0 Å². The standard InChI is InChI=1S/C15H12ClFN2O3/c1-18(9-10-4-2-3-5-14(10)19(21)22)15(20)12-7-6-11(16)8-13(12)17/h2-8H,9H2,1H3. The number of nitro groups is 1. The van der Waals surface area contributed by atoms with Gasteiger partial charge >= 0.3 is 0 Å². The van der Waals surface area contributed by atoms with E-state index in [0.29, 0.717) is 5.56 Å². The van der Waals surface area contributed by atoms with Gasteiger partial charge in [-0.2, -0.15) is 0 Å². The van der Waals surface area contributed by atoms with Gasteiger partial charge < -0.3 is 4.90 Å². The van der Waals surface area contributed by atoms with Crippen LogP contribution >= 0.6 is 11.6 Å². The zero-order valence-corrected chi connectivity index (χ0v) is 12.4. The Morgan fingerprint density at radius 2 is 2.00 bits per heavy atom. The molecule has 0 aliphatic rings. The molecule has 0 unspecified atom stereocenters. The number of benzene rings is 2. The van der Waals surface area contributed by atoms with Gasteiger partial charge in [-0.15, -0.1) is 0 Å². The number of rotatable bonds is 4. The topological polar surface area (TPSA) is 63.4 Å². The zero-order chi connectivity index (χ0) is 16.3. The second-order valence-corrected chi connectivity index (χ2v) is 5.11. The molecule has 0 N–H and O–H groups in total. The Morgan fingerprint density at radius 3 is 2.64 bits per heavy atom. The average molecular weight is 323 g/mol. The molecule has 0 fully saturated rings. The van der Waals surface area contributed by atoms with Gasteiger partial charge in [0.1, 0.15) is 5.82 Å². The number of hydrogen-bond donors (Lipinski definition) is 0. The molecule has 114 valence electrons. The molecule has 0 bridgehead atoms. The van der Waals surface area contributed by atoms with Gasteiger partial charge in [0.15, 0.2) is 0 Å². The normalized spacial score (nSPS) is 10.3. The molecule has 0 saturated carbocycles. The Bertz CT molecular complexity index is 736. The van der Waals surface area contributed by atoms with Gasteiger partial charge in [0.25, 0.3) is 11.6 Å². The van der Waals surface area contributed by atoms with E-state index in [4.69, 9.17) is 11.6 Å². The van der Waals surface area contributed by atoms with E-state index in [-0.39, 0.29) is 22.8 Å². The molecular weight excluding hydrogens is 311 g/mol. The Kier molecular flexibility index (Phi) is 4.72. The molecule has 5 nitrogen and oxygen atoms in total. The molecule has 0 spiro atoms. The van der Waals surface area contributed by atoms with Crippen molar-refractivity contribution in [3.05, 3.63) is 74.5 Å². The highest BCUT2D eigenvalue weighted by molar-refractivity contribution is 6.30. The minimum absolute atomic E-state index is 0.00193. The van der Waals surface area contributed by atoms with Gasteiger partial charge in [0, 0.05) is 23.7 Å². The largest absolute Gasteiger partial charge is 0.337 e. The molecule has 0 saturated heterocycles. The predicted octanol–water partition coefficient (Wildman–Crippen LogP) is 3.66. The fourth-order valence-electron chi connectivity index (χ4n) is 2.02. The SMILES string of the molecule is CN(Cc1ccccc1[N+](=O)[O-])C(=O)c1ccc(Cl)cc1F. The van der Waals surface area contributed by atoms with Crippen LogP contribution in [0.2, 0.25) is 5.02 Å². The van der Waals surface area contributed by atoms with Crippen LogP contribution in [-0.2, 0) is 6.54 Å². The fourth-order valence-corrected chi connectivity index (χ4v) is 2.18. The summed E-state index contributed by atoms with van der Waals surface area (Å²) >= 11 is 5.65. The van der Waals surface area contributed by atoms with E-state index < -0.39 is 16.6 Å². The van der Waals surface area contributed by atoms with Crippen molar-refractivity contribution in [1.82, 2.24) is 4.90 Å². The highest BCUT2D eigenvalue weighted by atomic mass is 35.5. The second kappa shape index (κ2) is 6.53. The Hall–Kier alpha value is -2.47. The highest BCUT2D eigenvalue weighted by Crippen LogP contribution is 2.21. The number of carbonyl (C=O) groups excluding carboxylic acids is 1. The van der Waals surface area contributed by atoms with Crippen LogP contribution in [0.3, 0.4) is 0 Å². The van der Waals surface area contributed by atoms with Gasteiger partial charge in [0.05, 0.1) is 17.0 Å². The number of nitro benzene ring substituents is 1. The first-order valence-corrected chi connectivity index (χ1v) is 6.70. The van der Waals surface area contributed by atoms with Gasteiger partial charge in [-0.3, -0.25) is 14.9 Å². The second-order valence-electron chi connectivity index (χ2n) is 4.67. The maximum atomic E-state index is 13.8. The molecule has 2 rings (SSSR count). The lowest BCUT2D eigenvalue weighted by Gasteiger charge is -2.17. The van der Waals surface area contributed by atoms with E-state index >= 15 is 0 Å². The summed E-state index contributed by atoms with van der Waals surface area (Å²) in [5.41, 5.74) is 0.155. The predicted molar refractivity (Wildman–Crippen MR) is 80.3 cm³/mol. The molecule has 22 heavy (non-hydrogen) atoms. The van der Waals surface area contributed by atoms with Crippen molar-refractivity contribution < 1.29 is 14.1 Å². The summed E-state index contributed by atoms with van der Waals surface area (Å²) in [7, 11) is 1.45. The number of halogens is 2. The van der Waals surface area contributed by atoms with Crippen LogP contribution in [0.15, 0.2) is 42.5 Å². The van der Waals surface area contributed by atoms with Crippen LogP contribution in [0, 0.1) is 15.9 Å². The van der Waals surface area contributed by atoms with Gasteiger partial charge in [-0.25, -0.2) is 4.39 Å². The Morgan fingerprint density at radius 1 is 1.32 bits per heavy atom. The summed E-state index contributed by atoms with van der Waals surface area (Å²) in [5, 5.41) is 11.2. The first-order valence-electron chi connectivity index (χ1n) is 6.33. The summed E-state index contributed by atoms with van der Waals surface area (Å²) in [6.07, 6.45) is 0. The minimum atomic E-state index is -0.730. The van der Waals surface area contributed by atoms with Gasteiger partial charge in [-0.05, 0) is 18.2 Å². The maximum absolute atomic E-state index is 13.8. The molecule has 2 aromatic rings. The van der Waals surface area contributed by atoms with Crippen molar-refractivity contribution in [3.8, 4) is 0 Å². The number of hydrogen-bond acceptors (Lipinski definition) is 3. The fraction of sp³-hybridized carbons (Fsp3) is 0.133. The van der Waals surface area contributed by atoms with Crippen LogP contribution in [-0.4, -0.2) is 22.8 Å². The number of nitrogens with zero attached hydrogens (tertiary/aromatic N) is 2. The van der Waals surface area contributed by atoms with Gasteiger partial charge in [0.2, 0.25) is 0 Å². The summed E-state index contributed by atoms with van der Waals surface area (Å²) in [6, 6.07) is 9.85. The molecule has 0 heterocycles. The van der Waals surface area contributed by atoms with Crippen LogP contribution in [0.4, 0.5) is 10.1 Å². The Balaban J connectivity index is 2.24. The number of amides is 1. The van der Waals surface area contributed by atoms with Crippen molar-refractivity contribution in [1.29, 1.82) is 0 Å². The minimum Gasteiger partial charge on any atom is -0.337 e. The van der Waals surface area contributed by atoms with Crippen LogP contribution in [0.5, 0.6) is 0 Å². The molecule has 0 aromatic heterocycles. The van der Waals surface area contributed by atoms with Crippen molar-refractivity contribution in [3.63, 3.8) is 0 Å². The summed E-state index contributed by atoms with van der Waals surface area (Å²) in [4.78, 5) is 23.9. The molecule has 0 atom stereocenters. The molecular formula is C15H12ClFN2O3. The third kappa shape index (κ3) is 3.40. The lowest BCUT2D eigenvalue weighted by Crippen LogP contribution is -2.27. The molecule has 1 amide bonds. The van der Waals surface area contributed by atoms with Crippen molar-refractivity contribution in [2.75, 3.05) is 7.05 Å². The number of para-hydroxylation sites is 1.